The average molecular weight is 425 g/mol. The molecule has 1 aliphatic rings. The van der Waals surface area contributed by atoms with Crippen LogP contribution < -0.4 is 4.74 Å². The van der Waals surface area contributed by atoms with Gasteiger partial charge >= 0.3 is 0 Å². The zero-order chi connectivity index (χ0) is 22.1. The number of nitrogens with one attached hydrogen (secondary N) is 1. The molecule has 6 heteroatoms. The zero-order valence-electron chi connectivity index (χ0n) is 17.7. The number of carbonyl (C=O) groups is 1. The molecule has 0 bridgehead atoms. The van der Waals surface area contributed by atoms with E-state index in [-0.39, 0.29) is 17.7 Å². The minimum Gasteiger partial charge on any atom is -0.504 e. The van der Waals surface area contributed by atoms with E-state index >= 15 is 0 Å². The first kappa shape index (κ1) is 19.9. The van der Waals surface area contributed by atoms with Crippen LogP contribution in [0.4, 0.5) is 0 Å². The summed E-state index contributed by atoms with van der Waals surface area (Å²) >= 11 is 0. The number of aromatic hydroxyl groups is 1. The third-order valence-electron chi connectivity index (χ3n) is 5.71. The Balaban J connectivity index is 1.66. The fourth-order valence-electron chi connectivity index (χ4n) is 4.27. The number of H-pyrrole nitrogens is 1. The second-order valence-electron chi connectivity index (χ2n) is 7.71. The number of ether oxygens (including phenoxy) is 1. The van der Waals surface area contributed by atoms with Gasteiger partial charge in [-0.3, -0.25) is 9.89 Å². The van der Waals surface area contributed by atoms with Gasteiger partial charge in [-0.1, -0.05) is 66.7 Å². The molecule has 0 radical (unpaired) electrons. The second-order valence-corrected chi connectivity index (χ2v) is 7.71. The second kappa shape index (κ2) is 8.23. The van der Waals surface area contributed by atoms with Gasteiger partial charge in [0.15, 0.2) is 11.5 Å². The van der Waals surface area contributed by atoms with Crippen LogP contribution in [0.1, 0.15) is 40.1 Å². The maximum absolute atomic E-state index is 13.5. The largest absolute Gasteiger partial charge is 0.504 e. The van der Waals surface area contributed by atoms with Gasteiger partial charge in [0, 0.05) is 17.7 Å². The van der Waals surface area contributed by atoms with Gasteiger partial charge in [-0.2, -0.15) is 5.10 Å². The SMILES string of the molecule is CCOc1cc(C2c3c(-c4ccccc4)n[nH]c3C(=O)N2Cc2ccccc2)ccc1O. The number of benzene rings is 3. The molecule has 0 fully saturated rings. The smallest absolute Gasteiger partial charge is 0.273 e. The van der Waals surface area contributed by atoms with E-state index in [1.807, 2.05) is 84.6 Å². The number of carbonyl (C=O) groups excluding carboxylic acids is 1. The van der Waals surface area contributed by atoms with Crippen molar-refractivity contribution in [1.29, 1.82) is 0 Å². The van der Waals surface area contributed by atoms with Crippen LogP contribution in [-0.4, -0.2) is 32.7 Å². The number of phenols is 1. The van der Waals surface area contributed by atoms with Gasteiger partial charge in [0.2, 0.25) is 0 Å². The van der Waals surface area contributed by atoms with Crippen LogP contribution in [-0.2, 0) is 6.54 Å². The Bertz CT molecular complexity index is 1250. The number of aromatic nitrogens is 2. The van der Waals surface area contributed by atoms with Gasteiger partial charge in [0.25, 0.3) is 5.91 Å². The van der Waals surface area contributed by atoms with Gasteiger partial charge < -0.3 is 14.7 Å². The predicted molar refractivity (Wildman–Crippen MR) is 121 cm³/mol. The molecule has 3 aromatic carbocycles. The number of aromatic amines is 1. The maximum Gasteiger partial charge on any atom is 0.273 e. The van der Waals surface area contributed by atoms with Crippen LogP contribution >= 0.6 is 0 Å². The lowest BCUT2D eigenvalue weighted by Crippen LogP contribution is -2.29. The van der Waals surface area contributed by atoms with E-state index in [0.29, 0.717) is 24.6 Å². The summed E-state index contributed by atoms with van der Waals surface area (Å²) in [5, 5.41) is 17.7. The number of fused-ring (bicyclic) bond motifs is 1. The molecule has 160 valence electrons. The van der Waals surface area contributed by atoms with Crippen molar-refractivity contribution in [2.45, 2.75) is 19.5 Å². The molecule has 1 aromatic heterocycles. The molecular formula is C26H23N3O3. The van der Waals surface area contributed by atoms with Gasteiger partial charge in [-0.15, -0.1) is 0 Å². The van der Waals surface area contributed by atoms with Crippen LogP contribution in [0.5, 0.6) is 11.5 Å². The summed E-state index contributed by atoms with van der Waals surface area (Å²) in [4.78, 5) is 15.3. The first-order chi connectivity index (χ1) is 15.7. The summed E-state index contributed by atoms with van der Waals surface area (Å²) in [7, 11) is 0. The Morgan fingerprint density at radius 3 is 2.47 bits per heavy atom. The summed E-state index contributed by atoms with van der Waals surface area (Å²) in [5.41, 5.74) is 4.91. The quantitative estimate of drug-likeness (QED) is 0.459. The van der Waals surface area contributed by atoms with Crippen LogP contribution in [0.15, 0.2) is 78.9 Å². The lowest BCUT2D eigenvalue weighted by molar-refractivity contribution is 0.0730. The Kier molecular flexibility index (Phi) is 5.11. The summed E-state index contributed by atoms with van der Waals surface area (Å²) in [6.45, 7) is 2.75. The van der Waals surface area contributed by atoms with E-state index < -0.39 is 0 Å². The van der Waals surface area contributed by atoms with Crippen molar-refractivity contribution in [2.75, 3.05) is 6.61 Å². The van der Waals surface area contributed by atoms with Crippen LogP contribution in [0.2, 0.25) is 0 Å². The molecule has 5 rings (SSSR count). The standard InChI is InChI=1S/C26H23N3O3/c1-2-32-21-15-19(13-14-20(21)30)25-22-23(18-11-7-4-8-12-18)27-28-24(22)26(31)29(25)16-17-9-5-3-6-10-17/h3-15,25,30H,2,16H2,1H3,(H,27,28). The number of hydrogen-bond donors (Lipinski definition) is 2. The molecule has 1 atom stereocenters. The molecule has 0 spiro atoms. The van der Waals surface area contributed by atoms with E-state index in [9.17, 15) is 9.90 Å². The van der Waals surface area contributed by atoms with E-state index in [1.165, 1.54) is 0 Å². The van der Waals surface area contributed by atoms with Crippen molar-refractivity contribution in [2.24, 2.45) is 0 Å². The molecular weight excluding hydrogens is 402 g/mol. The van der Waals surface area contributed by atoms with Gasteiger partial charge in [-0.25, -0.2) is 0 Å². The van der Waals surface area contributed by atoms with Crippen molar-refractivity contribution < 1.29 is 14.6 Å². The monoisotopic (exact) mass is 425 g/mol. The molecule has 6 nitrogen and oxygen atoms in total. The van der Waals surface area contributed by atoms with Crippen LogP contribution in [0, 0.1) is 0 Å². The third-order valence-corrected chi connectivity index (χ3v) is 5.71. The Labute approximate surface area is 186 Å². The minimum atomic E-state index is -0.369. The molecule has 32 heavy (non-hydrogen) atoms. The molecule has 1 aliphatic heterocycles. The van der Waals surface area contributed by atoms with E-state index in [4.69, 9.17) is 4.74 Å². The highest BCUT2D eigenvalue weighted by Gasteiger charge is 2.42. The van der Waals surface area contributed by atoms with Gasteiger partial charge in [-0.05, 0) is 30.2 Å². The average Bonchev–Trinajstić information content (AvgIpc) is 3.36. The van der Waals surface area contributed by atoms with Gasteiger partial charge in [0.05, 0.1) is 18.3 Å². The number of nitrogens with zero attached hydrogens (tertiary/aromatic N) is 2. The number of amides is 1. The predicted octanol–water partition coefficient (Wildman–Crippen LogP) is 4.93. The van der Waals surface area contributed by atoms with E-state index in [2.05, 4.69) is 10.2 Å². The van der Waals surface area contributed by atoms with Gasteiger partial charge in [0.1, 0.15) is 5.69 Å². The molecule has 2 N–H and O–H groups in total. The topological polar surface area (TPSA) is 78.5 Å². The fraction of sp³-hybridized carbons (Fsp3) is 0.154. The summed E-state index contributed by atoms with van der Waals surface area (Å²) in [5.74, 6) is 0.370. The molecule has 4 aromatic rings. The fourth-order valence-corrected chi connectivity index (χ4v) is 4.27. The van der Waals surface area contributed by atoms with E-state index in [1.54, 1.807) is 6.07 Å². The highest BCUT2D eigenvalue weighted by molar-refractivity contribution is 6.00. The molecule has 0 aliphatic carbocycles. The molecule has 1 unspecified atom stereocenters. The first-order valence-corrected chi connectivity index (χ1v) is 10.6. The third kappa shape index (κ3) is 3.39. The number of hydrogen-bond acceptors (Lipinski definition) is 4. The molecule has 0 saturated heterocycles. The number of rotatable bonds is 6. The Morgan fingerprint density at radius 1 is 1.03 bits per heavy atom. The summed E-state index contributed by atoms with van der Waals surface area (Å²) in [6, 6.07) is 24.6. The van der Waals surface area contributed by atoms with Crippen LogP contribution in [0.25, 0.3) is 11.3 Å². The van der Waals surface area contributed by atoms with E-state index in [0.717, 1.165) is 27.9 Å². The Morgan fingerprint density at radius 2 is 1.75 bits per heavy atom. The summed E-state index contributed by atoms with van der Waals surface area (Å²) < 4.78 is 5.62. The van der Waals surface area contributed by atoms with Crippen molar-refractivity contribution in [3.8, 4) is 22.8 Å². The van der Waals surface area contributed by atoms with Crippen molar-refractivity contribution in [3.05, 3.63) is 101 Å². The minimum absolute atomic E-state index is 0.0743. The highest BCUT2D eigenvalue weighted by atomic mass is 16.5. The van der Waals surface area contributed by atoms with Crippen molar-refractivity contribution in [3.63, 3.8) is 0 Å². The Hall–Kier alpha value is -4.06. The lowest BCUT2D eigenvalue weighted by Gasteiger charge is -2.27. The molecule has 0 saturated carbocycles. The first-order valence-electron chi connectivity index (χ1n) is 10.6. The molecule has 1 amide bonds. The number of phenolic OH excluding ortho intramolecular Hbond substituents is 1. The summed E-state index contributed by atoms with van der Waals surface area (Å²) in [6.07, 6.45) is 0. The van der Waals surface area contributed by atoms with Crippen LogP contribution in [0.3, 0.4) is 0 Å². The maximum atomic E-state index is 13.5. The zero-order valence-corrected chi connectivity index (χ0v) is 17.7. The molecule has 2 heterocycles. The van der Waals surface area contributed by atoms with Crippen molar-refractivity contribution in [1.82, 2.24) is 15.1 Å². The highest BCUT2D eigenvalue weighted by Crippen LogP contribution is 2.45. The lowest BCUT2D eigenvalue weighted by atomic mass is 9.95. The van der Waals surface area contributed by atoms with Crippen molar-refractivity contribution >= 4 is 5.91 Å². The normalized spacial score (nSPS) is 15.1.